The van der Waals surface area contributed by atoms with E-state index in [2.05, 4.69) is 29.0 Å². The minimum Gasteiger partial charge on any atom is -0.316 e. The minimum atomic E-state index is 0.892. The summed E-state index contributed by atoms with van der Waals surface area (Å²) in [6.07, 6.45) is 5.84. The van der Waals surface area contributed by atoms with Crippen molar-refractivity contribution in [3.63, 3.8) is 0 Å². The molecule has 2 saturated heterocycles. The van der Waals surface area contributed by atoms with Crippen LogP contribution in [0.15, 0.2) is 0 Å². The largest absolute Gasteiger partial charge is 0.316 e. The Labute approximate surface area is 125 Å². The van der Waals surface area contributed by atoms with Gasteiger partial charge in [0, 0.05) is 51.9 Å². The van der Waals surface area contributed by atoms with Crippen molar-refractivity contribution in [2.45, 2.75) is 45.6 Å². The highest BCUT2D eigenvalue weighted by Crippen LogP contribution is 2.32. The number of nitrogens with zero attached hydrogens (tertiary/aromatic N) is 2. The molecule has 2 aliphatic heterocycles. The van der Waals surface area contributed by atoms with Gasteiger partial charge in [0.1, 0.15) is 0 Å². The van der Waals surface area contributed by atoms with Crippen LogP contribution in [0.3, 0.4) is 0 Å². The van der Waals surface area contributed by atoms with Crippen molar-refractivity contribution in [3.05, 3.63) is 0 Å². The Morgan fingerprint density at radius 3 is 2.10 bits per heavy atom. The lowest BCUT2D eigenvalue weighted by molar-refractivity contribution is 0.0549. The predicted octanol–water partition coefficient (Wildman–Crippen LogP) is 2.04. The van der Waals surface area contributed by atoms with E-state index < -0.39 is 0 Å². The van der Waals surface area contributed by atoms with Crippen LogP contribution in [-0.4, -0.2) is 61.7 Å². The lowest BCUT2D eigenvalue weighted by Gasteiger charge is -2.44. The van der Waals surface area contributed by atoms with Gasteiger partial charge in [-0.25, -0.2) is 0 Å². The van der Waals surface area contributed by atoms with Gasteiger partial charge < -0.3 is 10.2 Å². The standard InChI is InChI=1S/C17H33N3/c1-14(2)16-3-5-17(6-4-16)20-9-7-19(8-10-20)13-15-11-18-12-15/h14-18H,3-13H2,1-2H3. The van der Waals surface area contributed by atoms with E-state index >= 15 is 0 Å². The van der Waals surface area contributed by atoms with Crippen molar-refractivity contribution in [1.29, 1.82) is 0 Å². The molecule has 1 N–H and O–H groups in total. The molecule has 0 radical (unpaired) electrons. The molecular weight excluding hydrogens is 246 g/mol. The van der Waals surface area contributed by atoms with Gasteiger partial charge in [0.05, 0.1) is 0 Å². The zero-order valence-corrected chi connectivity index (χ0v) is 13.5. The van der Waals surface area contributed by atoms with Crippen molar-refractivity contribution in [1.82, 2.24) is 15.1 Å². The van der Waals surface area contributed by atoms with E-state index in [-0.39, 0.29) is 0 Å². The summed E-state index contributed by atoms with van der Waals surface area (Å²) in [6.45, 7) is 13.9. The van der Waals surface area contributed by atoms with Gasteiger partial charge in [0.15, 0.2) is 0 Å². The highest BCUT2D eigenvalue weighted by atomic mass is 15.3. The Balaban J connectivity index is 1.37. The maximum absolute atomic E-state index is 3.39. The zero-order chi connectivity index (χ0) is 13.9. The zero-order valence-electron chi connectivity index (χ0n) is 13.5. The first-order valence-electron chi connectivity index (χ1n) is 8.89. The van der Waals surface area contributed by atoms with Crippen LogP contribution in [0.2, 0.25) is 0 Å². The second kappa shape index (κ2) is 6.76. The third kappa shape index (κ3) is 3.55. The fourth-order valence-corrected chi connectivity index (χ4v) is 4.29. The number of piperazine rings is 1. The molecule has 3 fully saturated rings. The van der Waals surface area contributed by atoms with Crippen LogP contribution < -0.4 is 5.32 Å². The molecule has 116 valence electrons. The summed E-state index contributed by atoms with van der Waals surface area (Å²) in [7, 11) is 0. The summed E-state index contributed by atoms with van der Waals surface area (Å²) in [5.74, 6) is 2.82. The summed E-state index contributed by atoms with van der Waals surface area (Å²) >= 11 is 0. The van der Waals surface area contributed by atoms with Crippen LogP contribution in [0.4, 0.5) is 0 Å². The van der Waals surface area contributed by atoms with E-state index in [1.54, 1.807) is 0 Å². The third-order valence-corrected chi connectivity index (χ3v) is 5.99. The van der Waals surface area contributed by atoms with Crippen LogP contribution in [0.1, 0.15) is 39.5 Å². The molecular formula is C17H33N3. The van der Waals surface area contributed by atoms with Gasteiger partial charge in [-0.15, -0.1) is 0 Å². The summed E-state index contributed by atoms with van der Waals surface area (Å²) in [5.41, 5.74) is 0. The molecule has 0 aromatic carbocycles. The van der Waals surface area contributed by atoms with E-state index in [0.29, 0.717) is 0 Å². The van der Waals surface area contributed by atoms with E-state index in [1.165, 1.54) is 71.5 Å². The first-order chi connectivity index (χ1) is 9.72. The van der Waals surface area contributed by atoms with Gasteiger partial charge in [0.25, 0.3) is 0 Å². The van der Waals surface area contributed by atoms with Crippen molar-refractivity contribution in [2.75, 3.05) is 45.8 Å². The smallest absolute Gasteiger partial charge is 0.0113 e. The van der Waals surface area contributed by atoms with Crippen molar-refractivity contribution < 1.29 is 0 Å². The molecule has 2 heterocycles. The molecule has 3 nitrogen and oxygen atoms in total. The molecule has 0 amide bonds. The Morgan fingerprint density at radius 1 is 0.950 bits per heavy atom. The maximum Gasteiger partial charge on any atom is 0.0113 e. The fraction of sp³-hybridized carbons (Fsp3) is 1.00. The second-order valence-corrected chi connectivity index (χ2v) is 7.67. The van der Waals surface area contributed by atoms with Crippen LogP contribution in [-0.2, 0) is 0 Å². The number of rotatable bonds is 4. The van der Waals surface area contributed by atoms with Crippen LogP contribution in [0.25, 0.3) is 0 Å². The molecule has 0 aromatic rings. The molecule has 1 saturated carbocycles. The van der Waals surface area contributed by atoms with Gasteiger partial charge in [-0.3, -0.25) is 4.90 Å². The Bertz CT molecular complexity index is 285. The molecule has 3 rings (SSSR count). The van der Waals surface area contributed by atoms with Gasteiger partial charge in [-0.05, 0) is 43.4 Å². The number of nitrogens with one attached hydrogen (secondary N) is 1. The SMILES string of the molecule is CC(C)C1CCC(N2CCN(CC3CNC3)CC2)CC1. The lowest BCUT2D eigenvalue weighted by atomic mass is 9.79. The first kappa shape index (κ1) is 14.8. The molecule has 20 heavy (non-hydrogen) atoms. The van der Waals surface area contributed by atoms with Crippen LogP contribution in [0, 0.1) is 17.8 Å². The maximum atomic E-state index is 3.39. The Morgan fingerprint density at radius 2 is 1.60 bits per heavy atom. The molecule has 0 spiro atoms. The Kier molecular flexibility index (Phi) is 5.00. The molecule has 3 aliphatic rings. The summed E-state index contributed by atoms with van der Waals surface area (Å²) in [5, 5.41) is 3.39. The molecule has 0 bridgehead atoms. The van der Waals surface area contributed by atoms with E-state index in [4.69, 9.17) is 0 Å². The van der Waals surface area contributed by atoms with Crippen molar-refractivity contribution >= 4 is 0 Å². The second-order valence-electron chi connectivity index (χ2n) is 7.67. The average molecular weight is 279 g/mol. The van der Waals surface area contributed by atoms with Gasteiger partial charge in [-0.2, -0.15) is 0 Å². The van der Waals surface area contributed by atoms with E-state index in [9.17, 15) is 0 Å². The number of hydrogen-bond acceptors (Lipinski definition) is 3. The lowest BCUT2D eigenvalue weighted by Crippen LogP contribution is -2.55. The molecule has 0 unspecified atom stereocenters. The summed E-state index contributed by atoms with van der Waals surface area (Å²) in [4.78, 5) is 5.49. The monoisotopic (exact) mass is 279 g/mol. The highest BCUT2D eigenvalue weighted by Gasteiger charge is 2.30. The quantitative estimate of drug-likeness (QED) is 0.849. The third-order valence-electron chi connectivity index (χ3n) is 5.99. The topological polar surface area (TPSA) is 18.5 Å². The van der Waals surface area contributed by atoms with Crippen LogP contribution >= 0.6 is 0 Å². The number of hydrogen-bond donors (Lipinski definition) is 1. The van der Waals surface area contributed by atoms with E-state index in [1.807, 2.05) is 0 Å². The molecule has 0 atom stereocenters. The predicted molar refractivity (Wildman–Crippen MR) is 85.0 cm³/mol. The average Bonchev–Trinajstić information content (AvgIpc) is 2.44. The van der Waals surface area contributed by atoms with Crippen LogP contribution in [0.5, 0.6) is 0 Å². The van der Waals surface area contributed by atoms with Crippen molar-refractivity contribution in [2.24, 2.45) is 17.8 Å². The highest BCUT2D eigenvalue weighted by molar-refractivity contribution is 4.85. The Hall–Kier alpha value is -0.120. The normalized spacial score (nSPS) is 34.4. The molecule has 0 aromatic heterocycles. The van der Waals surface area contributed by atoms with Gasteiger partial charge >= 0.3 is 0 Å². The van der Waals surface area contributed by atoms with Crippen molar-refractivity contribution in [3.8, 4) is 0 Å². The fourth-order valence-electron chi connectivity index (χ4n) is 4.29. The van der Waals surface area contributed by atoms with Gasteiger partial charge in [0.2, 0.25) is 0 Å². The molecule has 3 heteroatoms. The summed E-state index contributed by atoms with van der Waals surface area (Å²) in [6, 6.07) is 0.900. The first-order valence-corrected chi connectivity index (χ1v) is 8.89. The molecule has 1 aliphatic carbocycles. The summed E-state index contributed by atoms with van der Waals surface area (Å²) < 4.78 is 0. The minimum absolute atomic E-state index is 0.892. The van der Waals surface area contributed by atoms with Gasteiger partial charge in [-0.1, -0.05) is 13.8 Å². The van der Waals surface area contributed by atoms with E-state index in [0.717, 1.165) is 23.8 Å².